The van der Waals surface area contributed by atoms with Gasteiger partial charge in [0.25, 0.3) is 0 Å². The maximum Gasteiger partial charge on any atom is 0.188 e. The van der Waals surface area contributed by atoms with E-state index in [0.29, 0.717) is 0 Å². The van der Waals surface area contributed by atoms with Gasteiger partial charge in [-0.2, -0.15) is 0 Å². The molecule has 1 aromatic heterocycles. The summed E-state index contributed by atoms with van der Waals surface area (Å²) < 4.78 is 23.4. The van der Waals surface area contributed by atoms with Crippen LogP contribution in [0, 0.1) is 5.92 Å². The van der Waals surface area contributed by atoms with Crippen molar-refractivity contribution in [3.8, 4) is 0 Å². The lowest BCUT2D eigenvalue weighted by molar-refractivity contribution is 0.342. The Morgan fingerprint density at radius 1 is 1.33 bits per heavy atom. The summed E-state index contributed by atoms with van der Waals surface area (Å²) in [5.74, 6) is 0.360. The number of hydrogen-bond acceptors (Lipinski definition) is 7. The van der Waals surface area contributed by atoms with Crippen molar-refractivity contribution in [2.24, 2.45) is 5.92 Å². The van der Waals surface area contributed by atoms with E-state index in [0.717, 1.165) is 40.3 Å². The van der Waals surface area contributed by atoms with Gasteiger partial charge in [0.05, 0.1) is 11.3 Å². The predicted molar refractivity (Wildman–Crippen MR) is 129 cm³/mol. The van der Waals surface area contributed by atoms with E-state index in [9.17, 15) is 13.2 Å². The van der Waals surface area contributed by atoms with Crippen LogP contribution in [0.3, 0.4) is 0 Å². The molecule has 0 spiro atoms. The van der Waals surface area contributed by atoms with Gasteiger partial charge in [-0.3, -0.25) is 0 Å². The van der Waals surface area contributed by atoms with Crippen LogP contribution < -0.4 is 4.90 Å². The largest absolute Gasteiger partial charge is 0.432 e. The quantitative estimate of drug-likeness (QED) is 0.377. The molecule has 0 unspecified atom stereocenters. The molecule has 6 nitrogen and oxygen atoms in total. The van der Waals surface area contributed by atoms with Crippen molar-refractivity contribution in [1.82, 2.24) is 9.97 Å². The summed E-state index contributed by atoms with van der Waals surface area (Å²) in [5, 5.41) is 1.52. The second kappa shape index (κ2) is 8.07. The van der Waals surface area contributed by atoms with E-state index in [1.807, 2.05) is 25.5 Å². The second-order valence-electron chi connectivity index (χ2n) is 9.73. The van der Waals surface area contributed by atoms with Crippen molar-refractivity contribution in [2.75, 3.05) is 29.7 Å². The minimum atomic E-state index is -2.99. The van der Waals surface area contributed by atoms with Crippen LogP contribution in [0.25, 0.3) is 10.9 Å². The van der Waals surface area contributed by atoms with E-state index in [4.69, 9.17) is 4.98 Å². The lowest BCUT2D eigenvalue weighted by Gasteiger charge is -2.48. The molecule has 0 aliphatic carbocycles. The van der Waals surface area contributed by atoms with Crippen molar-refractivity contribution in [2.45, 2.75) is 56.5 Å². The number of nitrogens with zero attached hydrogens (tertiary/aromatic N) is 3. The second-order valence-corrected chi connectivity index (χ2v) is 17.2. The van der Waals surface area contributed by atoms with Crippen molar-refractivity contribution in [3.63, 3.8) is 0 Å². The topological polar surface area (TPSA) is 83.4 Å². The summed E-state index contributed by atoms with van der Waals surface area (Å²) in [5.41, 5.74) is 3.10. The highest BCUT2D eigenvalue weighted by Crippen LogP contribution is 2.42. The zero-order chi connectivity index (χ0) is 22.5. The summed E-state index contributed by atoms with van der Waals surface area (Å²) in [6.07, 6.45) is 5.90. The normalized spacial score (nSPS) is 20.5. The number of hydrogen-bond donors (Lipinski definition) is 1. The lowest BCUT2D eigenvalue weighted by atomic mass is 9.89. The Morgan fingerprint density at radius 3 is 2.53 bits per heavy atom. The molecule has 2 heterocycles. The van der Waals surface area contributed by atoms with E-state index in [1.54, 1.807) is 0 Å². The Balaban J connectivity index is 2.01. The number of fused-ring (bicyclic) bond motifs is 1. The molecule has 30 heavy (non-hydrogen) atoms. The fourth-order valence-electron chi connectivity index (χ4n) is 3.92. The molecule has 2 aromatic rings. The van der Waals surface area contributed by atoms with E-state index in [1.165, 1.54) is 18.0 Å². The molecule has 9 heteroatoms. The molecule has 0 saturated carbocycles. The van der Waals surface area contributed by atoms with Gasteiger partial charge >= 0.3 is 0 Å². The Hall–Kier alpha value is -1.16. The zero-order valence-electron chi connectivity index (χ0n) is 18.9. The predicted octanol–water partition coefficient (Wildman–Crippen LogP) is 3.74. The van der Waals surface area contributed by atoms with Crippen LogP contribution in [0.5, 0.6) is 0 Å². The number of sulfone groups is 1. The van der Waals surface area contributed by atoms with Gasteiger partial charge in [-0.1, -0.05) is 31.7 Å². The van der Waals surface area contributed by atoms with Crippen LogP contribution in [0.1, 0.15) is 26.3 Å². The Labute approximate surface area is 185 Å². The van der Waals surface area contributed by atoms with Crippen molar-refractivity contribution < 1.29 is 13.2 Å². The monoisotopic (exact) mass is 467 g/mol. The first-order chi connectivity index (χ1) is 13.7. The molecule has 0 amide bonds. The third-order valence-electron chi connectivity index (χ3n) is 6.69. The molecule has 3 rings (SSSR count). The molecule has 1 aliphatic rings. The lowest BCUT2D eigenvalue weighted by Crippen LogP contribution is -2.57. The van der Waals surface area contributed by atoms with Gasteiger partial charge in [0, 0.05) is 42.0 Å². The Bertz CT molecular complexity index is 1050. The zero-order valence-corrected chi connectivity index (χ0v) is 21.6. The van der Waals surface area contributed by atoms with Gasteiger partial charge in [-0.25, -0.2) is 18.4 Å². The Kier molecular flexibility index (Phi) is 6.32. The average molecular weight is 468 g/mol. The maximum absolute atomic E-state index is 11.7. The standard InChI is InChI=1S/C21H33N3O3S2Si/c1-14-16(13-29(5,25)26)12-24(14)18-9-8-15(10-21(2,3)30(6,7)27)19-17(18)11-22-20(23-19)28-4/h8-9,11,14,16,27H,10,12-13H2,1-7H3/t14-,16-/m1/s1. The van der Waals surface area contributed by atoms with Crippen LogP contribution in [-0.4, -0.2) is 62.3 Å². The van der Waals surface area contributed by atoms with Crippen LogP contribution in [0.2, 0.25) is 18.1 Å². The minimum Gasteiger partial charge on any atom is -0.432 e. The molecule has 2 atom stereocenters. The van der Waals surface area contributed by atoms with Gasteiger partial charge in [0.15, 0.2) is 13.5 Å². The van der Waals surface area contributed by atoms with Crippen LogP contribution in [0.4, 0.5) is 5.69 Å². The summed E-state index contributed by atoms with van der Waals surface area (Å²) in [7, 11) is -5.36. The minimum absolute atomic E-state index is 0.140. The van der Waals surface area contributed by atoms with Gasteiger partial charge in [0.2, 0.25) is 0 Å². The maximum atomic E-state index is 11.7. The van der Waals surface area contributed by atoms with E-state index >= 15 is 0 Å². The van der Waals surface area contributed by atoms with Crippen molar-refractivity contribution in [1.29, 1.82) is 0 Å². The SMILES string of the molecule is CSc1ncc2c(N3C[C@H](CS(C)(=O)=O)[C@H]3C)ccc(CC(C)(C)[Si](C)(C)O)c2n1. The molecular formula is C21H33N3O3S2Si. The molecule has 1 aromatic carbocycles. The fraction of sp³-hybridized carbons (Fsp3) is 0.619. The third kappa shape index (κ3) is 4.69. The average Bonchev–Trinajstić information content (AvgIpc) is 2.63. The molecule has 166 valence electrons. The molecule has 1 fully saturated rings. The molecular weight excluding hydrogens is 434 g/mol. The summed E-state index contributed by atoms with van der Waals surface area (Å²) >= 11 is 1.51. The molecule has 1 N–H and O–H groups in total. The molecule has 1 saturated heterocycles. The first-order valence-electron chi connectivity index (χ1n) is 10.2. The first kappa shape index (κ1) is 23.5. The van der Waals surface area contributed by atoms with Crippen LogP contribution in [0.15, 0.2) is 23.5 Å². The fourth-order valence-corrected chi connectivity index (χ4v) is 6.04. The highest BCUT2D eigenvalue weighted by atomic mass is 32.2. The van der Waals surface area contributed by atoms with Crippen LogP contribution in [-0.2, 0) is 16.3 Å². The summed E-state index contributed by atoms with van der Waals surface area (Å²) in [6.45, 7) is 11.0. The highest BCUT2D eigenvalue weighted by molar-refractivity contribution is 7.98. The van der Waals surface area contributed by atoms with Crippen molar-refractivity contribution >= 4 is 46.5 Å². The summed E-state index contributed by atoms with van der Waals surface area (Å²) in [6, 6.07) is 4.37. The number of rotatable bonds is 7. The van der Waals surface area contributed by atoms with E-state index < -0.39 is 18.2 Å². The number of anilines is 1. The smallest absolute Gasteiger partial charge is 0.188 e. The molecule has 0 radical (unpaired) electrons. The summed E-state index contributed by atoms with van der Waals surface area (Å²) in [4.78, 5) is 22.4. The van der Waals surface area contributed by atoms with Gasteiger partial charge < -0.3 is 9.70 Å². The molecule has 1 aliphatic heterocycles. The Morgan fingerprint density at radius 2 is 2.00 bits per heavy atom. The number of benzene rings is 1. The van der Waals surface area contributed by atoms with Crippen LogP contribution >= 0.6 is 11.8 Å². The number of thioether (sulfide) groups is 1. The number of aromatic nitrogens is 2. The highest BCUT2D eigenvalue weighted by Gasteiger charge is 2.40. The van der Waals surface area contributed by atoms with Crippen molar-refractivity contribution in [3.05, 3.63) is 23.9 Å². The van der Waals surface area contributed by atoms with E-state index in [2.05, 4.69) is 42.8 Å². The molecule has 0 bridgehead atoms. The third-order valence-corrected chi connectivity index (χ3v) is 11.8. The van der Waals surface area contributed by atoms with Gasteiger partial charge in [-0.05, 0) is 49.4 Å². The van der Waals surface area contributed by atoms with E-state index in [-0.39, 0.29) is 22.8 Å². The first-order valence-corrected chi connectivity index (χ1v) is 16.5. The van der Waals surface area contributed by atoms with Gasteiger partial charge in [-0.15, -0.1) is 0 Å². The van der Waals surface area contributed by atoms with Gasteiger partial charge in [0.1, 0.15) is 9.84 Å².